The number of hydrogen-bond acceptors (Lipinski definition) is 7. The van der Waals surface area contributed by atoms with E-state index in [9.17, 15) is 0 Å². The van der Waals surface area contributed by atoms with E-state index in [1.165, 1.54) is 7.11 Å². The van der Waals surface area contributed by atoms with Crippen molar-refractivity contribution in [3.8, 4) is 17.4 Å². The minimum atomic E-state index is 0.396. The van der Waals surface area contributed by atoms with Crippen LogP contribution in [-0.2, 0) is 0 Å². The van der Waals surface area contributed by atoms with E-state index in [-0.39, 0.29) is 0 Å². The molecule has 0 fully saturated rings. The number of methoxy groups -OCH3 is 1. The molecule has 0 radical (unpaired) electrons. The van der Waals surface area contributed by atoms with Gasteiger partial charge in [0.05, 0.1) is 7.11 Å². The van der Waals surface area contributed by atoms with Crippen LogP contribution in [0.2, 0.25) is 0 Å². The Hall–Kier alpha value is -2.25. The third-order valence-electron chi connectivity index (χ3n) is 1.71. The topological polar surface area (TPSA) is 102 Å². The molecule has 0 aliphatic heterocycles. The van der Waals surface area contributed by atoms with Crippen molar-refractivity contribution in [3.05, 3.63) is 6.07 Å². The highest BCUT2D eigenvalue weighted by Gasteiger charge is 2.09. The Balaban J connectivity index is 2.47. The van der Waals surface area contributed by atoms with Crippen LogP contribution in [0.1, 0.15) is 0 Å². The fraction of sp³-hybridized carbons (Fsp3) is 0.286. The maximum atomic E-state index is 5.02. The Morgan fingerprint density at radius 3 is 2.87 bits per heavy atom. The molecule has 0 saturated carbocycles. The van der Waals surface area contributed by atoms with Crippen LogP contribution in [0.5, 0.6) is 5.88 Å². The first kappa shape index (κ1) is 9.31. The van der Waals surface area contributed by atoms with Crippen LogP contribution in [-0.4, -0.2) is 44.7 Å². The molecule has 0 unspecified atom stereocenters. The number of hydrogen-bond donors (Lipinski definition) is 2. The van der Waals surface area contributed by atoms with Gasteiger partial charge in [0.15, 0.2) is 0 Å². The van der Waals surface area contributed by atoms with Gasteiger partial charge in [-0.25, -0.2) is 4.98 Å². The largest absolute Gasteiger partial charge is 0.481 e. The Morgan fingerprint density at radius 1 is 1.40 bits per heavy atom. The average Bonchev–Trinajstić information content (AvgIpc) is 2.81. The summed E-state index contributed by atoms with van der Waals surface area (Å²) in [6.45, 7) is 0. The predicted octanol–water partition coefficient (Wildman–Crippen LogP) is -0.293. The monoisotopic (exact) mass is 207 g/mol. The zero-order valence-electron chi connectivity index (χ0n) is 8.22. The molecular formula is C7H9N7O. The molecule has 0 amide bonds. The quantitative estimate of drug-likeness (QED) is 0.712. The van der Waals surface area contributed by atoms with Crippen molar-refractivity contribution in [2.75, 3.05) is 19.5 Å². The summed E-state index contributed by atoms with van der Waals surface area (Å²) >= 11 is 0. The Kier molecular flexibility index (Phi) is 2.40. The van der Waals surface area contributed by atoms with Gasteiger partial charge in [-0.1, -0.05) is 0 Å². The van der Waals surface area contributed by atoms with Gasteiger partial charge < -0.3 is 10.1 Å². The highest BCUT2D eigenvalue weighted by atomic mass is 16.5. The van der Waals surface area contributed by atoms with Crippen LogP contribution in [0, 0.1) is 0 Å². The molecule has 15 heavy (non-hydrogen) atoms. The second-order valence-corrected chi connectivity index (χ2v) is 2.60. The van der Waals surface area contributed by atoms with Gasteiger partial charge in [0.1, 0.15) is 5.69 Å². The summed E-state index contributed by atoms with van der Waals surface area (Å²) in [5.74, 6) is 1.27. The summed E-state index contributed by atoms with van der Waals surface area (Å²) in [5.41, 5.74) is 0.542. The van der Waals surface area contributed by atoms with E-state index < -0.39 is 0 Å². The highest BCUT2D eigenvalue weighted by Crippen LogP contribution is 2.17. The number of H-pyrrole nitrogens is 1. The molecule has 0 spiro atoms. The number of tetrazole rings is 1. The van der Waals surface area contributed by atoms with Crippen molar-refractivity contribution in [1.82, 2.24) is 30.6 Å². The zero-order chi connectivity index (χ0) is 10.7. The van der Waals surface area contributed by atoms with E-state index in [1.807, 2.05) is 0 Å². The number of ether oxygens (including phenoxy) is 1. The minimum absolute atomic E-state index is 0.396. The molecule has 2 N–H and O–H groups in total. The molecule has 78 valence electrons. The van der Waals surface area contributed by atoms with Crippen LogP contribution >= 0.6 is 0 Å². The van der Waals surface area contributed by atoms with Gasteiger partial charge >= 0.3 is 0 Å². The van der Waals surface area contributed by atoms with E-state index in [0.29, 0.717) is 23.3 Å². The molecular weight excluding hydrogens is 198 g/mol. The first-order chi connectivity index (χ1) is 7.33. The molecule has 2 aromatic rings. The van der Waals surface area contributed by atoms with Crippen molar-refractivity contribution in [2.45, 2.75) is 0 Å². The first-order valence-corrected chi connectivity index (χ1v) is 4.18. The summed E-state index contributed by atoms with van der Waals surface area (Å²) in [4.78, 5) is 8.20. The van der Waals surface area contributed by atoms with Gasteiger partial charge in [-0.3, -0.25) is 0 Å². The minimum Gasteiger partial charge on any atom is -0.481 e. The third kappa shape index (κ3) is 1.82. The van der Waals surface area contributed by atoms with Crippen molar-refractivity contribution >= 4 is 5.95 Å². The molecule has 0 aliphatic carbocycles. The van der Waals surface area contributed by atoms with Crippen LogP contribution in [0.3, 0.4) is 0 Å². The molecule has 0 atom stereocenters. The van der Waals surface area contributed by atoms with Crippen molar-refractivity contribution in [2.24, 2.45) is 0 Å². The third-order valence-corrected chi connectivity index (χ3v) is 1.71. The fourth-order valence-corrected chi connectivity index (χ4v) is 1.03. The lowest BCUT2D eigenvalue weighted by Crippen LogP contribution is -2.00. The molecule has 0 aromatic carbocycles. The molecule has 0 bridgehead atoms. The van der Waals surface area contributed by atoms with Crippen molar-refractivity contribution < 1.29 is 4.74 Å². The van der Waals surface area contributed by atoms with Gasteiger partial charge in [0.25, 0.3) is 0 Å². The predicted molar refractivity (Wildman–Crippen MR) is 51.3 cm³/mol. The van der Waals surface area contributed by atoms with Gasteiger partial charge in [0, 0.05) is 13.1 Å². The van der Waals surface area contributed by atoms with Gasteiger partial charge in [0.2, 0.25) is 17.7 Å². The van der Waals surface area contributed by atoms with Crippen molar-refractivity contribution in [1.29, 1.82) is 0 Å². The highest BCUT2D eigenvalue weighted by molar-refractivity contribution is 5.52. The average molecular weight is 207 g/mol. The van der Waals surface area contributed by atoms with Crippen molar-refractivity contribution in [3.63, 3.8) is 0 Å². The fourth-order valence-electron chi connectivity index (χ4n) is 1.03. The molecule has 8 nitrogen and oxygen atoms in total. The Labute approximate surface area is 85.1 Å². The van der Waals surface area contributed by atoms with E-state index in [4.69, 9.17) is 4.74 Å². The van der Waals surface area contributed by atoms with E-state index >= 15 is 0 Å². The molecule has 2 rings (SSSR count). The summed E-state index contributed by atoms with van der Waals surface area (Å²) in [6, 6.07) is 1.63. The van der Waals surface area contributed by atoms with Crippen LogP contribution < -0.4 is 10.1 Å². The van der Waals surface area contributed by atoms with Crippen LogP contribution in [0.25, 0.3) is 11.5 Å². The lowest BCUT2D eigenvalue weighted by Gasteiger charge is -2.03. The molecule has 0 saturated heterocycles. The number of aromatic amines is 1. The first-order valence-electron chi connectivity index (χ1n) is 4.18. The standard InChI is InChI=1S/C7H9N7O/c1-8-7-9-4(3-5(10-7)15-2)6-11-13-14-12-6/h3H,1-2H3,(H,8,9,10)(H,11,12,13,14). The number of anilines is 1. The number of rotatable bonds is 3. The number of nitrogens with one attached hydrogen (secondary N) is 2. The number of nitrogens with zero attached hydrogens (tertiary/aromatic N) is 5. The van der Waals surface area contributed by atoms with Crippen LogP contribution in [0.15, 0.2) is 6.07 Å². The van der Waals surface area contributed by atoms with Gasteiger partial charge in [-0.05, 0) is 5.21 Å². The SMILES string of the molecule is CNc1nc(OC)cc(-c2nn[nH]n2)n1. The molecule has 2 heterocycles. The molecule has 8 heteroatoms. The Bertz CT molecular complexity index is 418. The second kappa shape index (κ2) is 3.86. The normalized spacial score (nSPS) is 10.0. The van der Waals surface area contributed by atoms with Gasteiger partial charge in [-0.2, -0.15) is 10.2 Å². The molecule has 2 aromatic heterocycles. The summed E-state index contributed by atoms with van der Waals surface area (Å²) in [6.07, 6.45) is 0. The maximum absolute atomic E-state index is 5.02. The summed E-state index contributed by atoms with van der Waals surface area (Å²) in [7, 11) is 3.25. The lowest BCUT2D eigenvalue weighted by molar-refractivity contribution is 0.398. The summed E-state index contributed by atoms with van der Waals surface area (Å²) in [5, 5.41) is 16.3. The molecule has 0 aliphatic rings. The smallest absolute Gasteiger partial charge is 0.226 e. The van der Waals surface area contributed by atoms with E-state index in [1.54, 1.807) is 13.1 Å². The Morgan fingerprint density at radius 2 is 2.27 bits per heavy atom. The van der Waals surface area contributed by atoms with Gasteiger partial charge in [-0.15, -0.1) is 10.2 Å². The zero-order valence-corrected chi connectivity index (χ0v) is 8.22. The van der Waals surface area contributed by atoms with Crippen LogP contribution in [0.4, 0.5) is 5.95 Å². The summed E-state index contributed by atoms with van der Waals surface area (Å²) < 4.78 is 5.02. The van der Waals surface area contributed by atoms with E-state index in [2.05, 4.69) is 35.9 Å². The lowest BCUT2D eigenvalue weighted by atomic mass is 10.4. The maximum Gasteiger partial charge on any atom is 0.226 e. The number of aromatic nitrogens is 6. The van der Waals surface area contributed by atoms with E-state index in [0.717, 1.165) is 0 Å². The second-order valence-electron chi connectivity index (χ2n) is 2.60.